The summed E-state index contributed by atoms with van der Waals surface area (Å²) in [5.74, 6) is -0.307. The standard InChI is InChI=1S/C17H18N4O2/c1-4-13-19-15(10-5-7-11(8-6-10)21(2)3)14-12(17(22)23)9-18-16(14)20-13/h5-9H,4H2,1-3H3,(H,22,23)(H,18,19,20). The first-order valence-electron chi connectivity index (χ1n) is 7.40. The second-order valence-corrected chi connectivity index (χ2v) is 5.51. The van der Waals surface area contributed by atoms with Crippen molar-refractivity contribution in [1.82, 2.24) is 15.0 Å². The van der Waals surface area contributed by atoms with Crippen molar-refractivity contribution in [3.8, 4) is 11.3 Å². The molecule has 0 aliphatic carbocycles. The fourth-order valence-electron chi connectivity index (χ4n) is 2.53. The van der Waals surface area contributed by atoms with Gasteiger partial charge in [-0.1, -0.05) is 19.1 Å². The molecule has 0 atom stereocenters. The van der Waals surface area contributed by atoms with Gasteiger partial charge in [0.05, 0.1) is 16.6 Å². The predicted molar refractivity (Wildman–Crippen MR) is 90.0 cm³/mol. The lowest BCUT2D eigenvalue weighted by Gasteiger charge is -2.13. The number of nitrogens with one attached hydrogen (secondary N) is 1. The maximum atomic E-state index is 11.5. The Hall–Kier alpha value is -2.89. The SMILES string of the molecule is CCc1nc(-c2ccc(N(C)C)cc2)c2c(C(=O)O)c[nH]c2n1. The van der Waals surface area contributed by atoms with Crippen molar-refractivity contribution in [3.63, 3.8) is 0 Å². The molecule has 0 fully saturated rings. The number of rotatable bonds is 4. The number of carbonyl (C=O) groups is 1. The highest BCUT2D eigenvalue weighted by atomic mass is 16.4. The molecule has 6 nitrogen and oxygen atoms in total. The first kappa shape index (κ1) is 15.0. The Bertz CT molecular complexity index is 866. The van der Waals surface area contributed by atoms with Gasteiger partial charge < -0.3 is 15.0 Å². The Morgan fingerprint density at radius 2 is 1.91 bits per heavy atom. The highest BCUT2D eigenvalue weighted by Crippen LogP contribution is 2.30. The quantitative estimate of drug-likeness (QED) is 0.774. The van der Waals surface area contributed by atoms with Crippen LogP contribution in [-0.4, -0.2) is 40.1 Å². The zero-order valence-corrected chi connectivity index (χ0v) is 13.3. The van der Waals surface area contributed by atoms with E-state index < -0.39 is 5.97 Å². The average Bonchev–Trinajstić information content (AvgIpc) is 2.98. The number of hydrogen-bond acceptors (Lipinski definition) is 4. The summed E-state index contributed by atoms with van der Waals surface area (Å²) in [6.07, 6.45) is 2.15. The number of hydrogen-bond donors (Lipinski definition) is 2. The van der Waals surface area contributed by atoms with Crippen molar-refractivity contribution >= 4 is 22.7 Å². The molecule has 0 aliphatic heterocycles. The van der Waals surface area contributed by atoms with Crippen molar-refractivity contribution < 1.29 is 9.90 Å². The molecule has 23 heavy (non-hydrogen) atoms. The normalized spacial score (nSPS) is 10.9. The van der Waals surface area contributed by atoms with Gasteiger partial charge in [-0.25, -0.2) is 14.8 Å². The topological polar surface area (TPSA) is 82.1 Å². The molecule has 0 spiro atoms. The number of aryl methyl sites for hydroxylation is 1. The number of aromatic amines is 1. The van der Waals surface area contributed by atoms with E-state index >= 15 is 0 Å². The van der Waals surface area contributed by atoms with E-state index in [1.54, 1.807) is 0 Å². The molecule has 0 unspecified atom stereocenters. The van der Waals surface area contributed by atoms with Crippen LogP contribution in [0.1, 0.15) is 23.1 Å². The van der Waals surface area contributed by atoms with Gasteiger partial charge in [-0.2, -0.15) is 0 Å². The maximum absolute atomic E-state index is 11.5. The van der Waals surface area contributed by atoms with E-state index in [2.05, 4.69) is 15.0 Å². The number of aromatic carboxylic acids is 1. The number of carboxylic acid groups (broad SMARTS) is 1. The largest absolute Gasteiger partial charge is 0.478 e. The molecule has 0 radical (unpaired) electrons. The number of H-pyrrole nitrogens is 1. The molecular weight excluding hydrogens is 292 g/mol. The molecule has 3 aromatic rings. The van der Waals surface area contributed by atoms with Crippen molar-refractivity contribution in [3.05, 3.63) is 41.9 Å². The molecule has 118 valence electrons. The van der Waals surface area contributed by atoms with Gasteiger partial charge in [0.15, 0.2) is 0 Å². The lowest BCUT2D eigenvalue weighted by Crippen LogP contribution is -2.08. The van der Waals surface area contributed by atoms with Crippen molar-refractivity contribution in [2.24, 2.45) is 0 Å². The molecule has 3 rings (SSSR count). The molecule has 2 aromatic heterocycles. The molecule has 0 aliphatic rings. The Morgan fingerprint density at radius 1 is 1.22 bits per heavy atom. The van der Waals surface area contributed by atoms with Gasteiger partial charge in [0.25, 0.3) is 0 Å². The minimum absolute atomic E-state index is 0.189. The first-order valence-corrected chi connectivity index (χ1v) is 7.40. The molecule has 0 amide bonds. The lowest BCUT2D eigenvalue weighted by molar-refractivity contribution is 0.0699. The predicted octanol–water partition coefficient (Wildman–Crippen LogP) is 2.95. The summed E-state index contributed by atoms with van der Waals surface area (Å²) in [6, 6.07) is 7.88. The third-order valence-corrected chi connectivity index (χ3v) is 3.78. The third kappa shape index (κ3) is 2.63. The van der Waals surface area contributed by atoms with Gasteiger partial charge in [-0.15, -0.1) is 0 Å². The van der Waals surface area contributed by atoms with E-state index in [4.69, 9.17) is 0 Å². The smallest absolute Gasteiger partial charge is 0.338 e. The molecule has 6 heteroatoms. The zero-order chi connectivity index (χ0) is 16.6. The van der Waals surface area contributed by atoms with Gasteiger partial charge in [-0.3, -0.25) is 0 Å². The van der Waals surface area contributed by atoms with Crippen LogP contribution < -0.4 is 4.90 Å². The fourth-order valence-corrected chi connectivity index (χ4v) is 2.53. The monoisotopic (exact) mass is 310 g/mol. The highest BCUT2D eigenvalue weighted by Gasteiger charge is 2.18. The van der Waals surface area contributed by atoms with Crippen LogP contribution in [0, 0.1) is 0 Å². The van der Waals surface area contributed by atoms with E-state index in [9.17, 15) is 9.90 Å². The minimum atomic E-state index is -0.990. The summed E-state index contributed by atoms with van der Waals surface area (Å²) in [5.41, 5.74) is 3.34. The Balaban J connectivity index is 2.25. The van der Waals surface area contributed by atoms with E-state index in [-0.39, 0.29) is 5.56 Å². The van der Waals surface area contributed by atoms with Crippen LogP contribution in [-0.2, 0) is 6.42 Å². The van der Waals surface area contributed by atoms with Crippen LogP contribution in [0.3, 0.4) is 0 Å². The first-order chi connectivity index (χ1) is 11.0. The van der Waals surface area contributed by atoms with Crippen molar-refractivity contribution in [1.29, 1.82) is 0 Å². The Labute approximate surface area is 133 Å². The van der Waals surface area contributed by atoms with Gasteiger partial charge >= 0.3 is 5.97 Å². The van der Waals surface area contributed by atoms with Crippen molar-refractivity contribution in [2.45, 2.75) is 13.3 Å². The van der Waals surface area contributed by atoms with Crippen LogP contribution >= 0.6 is 0 Å². The summed E-state index contributed by atoms with van der Waals surface area (Å²) in [4.78, 5) is 25.4. The zero-order valence-electron chi connectivity index (χ0n) is 13.3. The maximum Gasteiger partial charge on any atom is 0.338 e. The molecule has 1 aromatic carbocycles. The number of fused-ring (bicyclic) bond motifs is 1. The Kier molecular flexibility index (Phi) is 3.73. The van der Waals surface area contributed by atoms with E-state index in [1.807, 2.05) is 50.2 Å². The lowest BCUT2D eigenvalue weighted by atomic mass is 10.1. The van der Waals surface area contributed by atoms with Gasteiger partial charge in [-0.05, 0) is 12.1 Å². The summed E-state index contributed by atoms with van der Waals surface area (Å²) >= 11 is 0. The van der Waals surface area contributed by atoms with Crippen LogP contribution in [0.15, 0.2) is 30.5 Å². The number of aromatic nitrogens is 3. The summed E-state index contributed by atoms with van der Waals surface area (Å²) in [7, 11) is 3.95. The molecular formula is C17H18N4O2. The van der Waals surface area contributed by atoms with Crippen LogP contribution in [0.5, 0.6) is 0 Å². The molecule has 0 bridgehead atoms. The van der Waals surface area contributed by atoms with Gasteiger partial charge in [0.1, 0.15) is 11.5 Å². The Morgan fingerprint density at radius 3 is 2.48 bits per heavy atom. The van der Waals surface area contributed by atoms with Crippen LogP contribution in [0.25, 0.3) is 22.3 Å². The van der Waals surface area contributed by atoms with Gasteiger partial charge in [0, 0.05) is 38.0 Å². The summed E-state index contributed by atoms with van der Waals surface area (Å²) in [6.45, 7) is 1.97. The average molecular weight is 310 g/mol. The molecule has 0 saturated carbocycles. The summed E-state index contributed by atoms with van der Waals surface area (Å²) in [5, 5.41) is 9.95. The minimum Gasteiger partial charge on any atom is -0.478 e. The van der Waals surface area contributed by atoms with Gasteiger partial charge in [0.2, 0.25) is 0 Å². The van der Waals surface area contributed by atoms with E-state index in [1.165, 1.54) is 6.20 Å². The van der Waals surface area contributed by atoms with E-state index in [0.717, 1.165) is 11.3 Å². The second kappa shape index (κ2) is 5.72. The second-order valence-electron chi connectivity index (χ2n) is 5.51. The van der Waals surface area contributed by atoms with Crippen LogP contribution in [0.2, 0.25) is 0 Å². The molecule has 2 N–H and O–H groups in total. The summed E-state index contributed by atoms with van der Waals surface area (Å²) < 4.78 is 0. The van der Waals surface area contributed by atoms with E-state index in [0.29, 0.717) is 29.0 Å². The number of anilines is 1. The molecule has 2 heterocycles. The molecule has 0 saturated heterocycles. The third-order valence-electron chi connectivity index (χ3n) is 3.78. The van der Waals surface area contributed by atoms with Crippen LogP contribution in [0.4, 0.5) is 5.69 Å². The fraction of sp³-hybridized carbons (Fsp3) is 0.235. The number of carboxylic acids is 1. The highest BCUT2D eigenvalue weighted by molar-refractivity contribution is 6.07. The van der Waals surface area contributed by atoms with Crippen molar-refractivity contribution in [2.75, 3.05) is 19.0 Å². The number of nitrogens with zero attached hydrogens (tertiary/aromatic N) is 3. The number of benzene rings is 1.